The van der Waals surface area contributed by atoms with Crippen molar-refractivity contribution >= 4 is 5.95 Å². The lowest BCUT2D eigenvalue weighted by atomic mass is 10.0. The van der Waals surface area contributed by atoms with E-state index in [-0.39, 0.29) is 5.88 Å². The second-order valence-electron chi connectivity index (χ2n) is 6.22. The van der Waals surface area contributed by atoms with Crippen LogP contribution in [0.2, 0.25) is 0 Å². The van der Waals surface area contributed by atoms with Gasteiger partial charge < -0.3 is 14.5 Å². The number of hydrogen-bond acceptors (Lipinski definition) is 6. The second-order valence-corrected chi connectivity index (χ2v) is 6.22. The number of halogens is 1. The lowest BCUT2D eigenvalue weighted by molar-refractivity contribution is 0.0877. The van der Waals surface area contributed by atoms with E-state index in [1.807, 2.05) is 0 Å². The molecule has 0 spiro atoms. The van der Waals surface area contributed by atoms with Crippen LogP contribution in [0.25, 0.3) is 0 Å². The Morgan fingerprint density at radius 1 is 1.17 bits per heavy atom. The van der Waals surface area contributed by atoms with Crippen LogP contribution in [-0.2, 0) is 0 Å². The van der Waals surface area contributed by atoms with Crippen molar-refractivity contribution in [2.75, 3.05) is 57.8 Å². The summed E-state index contributed by atoms with van der Waals surface area (Å²) in [5.41, 5.74) is 0. The number of hydrogen-bond donors (Lipinski definition) is 0. The van der Waals surface area contributed by atoms with E-state index in [0.717, 1.165) is 32.5 Å². The summed E-state index contributed by atoms with van der Waals surface area (Å²) >= 11 is 0. The number of piperazine rings is 1. The fraction of sp³-hybridized carbons (Fsp3) is 0.750. The molecule has 2 fully saturated rings. The molecule has 3 rings (SSSR count). The molecule has 1 aromatic rings. The Labute approximate surface area is 137 Å². The summed E-state index contributed by atoms with van der Waals surface area (Å²) in [6, 6.07) is 0.646. The maximum atomic E-state index is 13.4. The minimum absolute atomic E-state index is 0.0211. The summed E-state index contributed by atoms with van der Waals surface area (Å²) in [6.45, 7) is 9.88. The molecule has 0 amide bonds. The largest absolute Gasteiger partial charge is 0.479 e. The number of nitrogens with zero attached hydrogens (tertiary/aromatic N) is 5. The van der Waals surface area contributed by atoms with Gasteiger partial charge in [0.2, 0.25) is 11.8 Å². The number of ether oxygens (including phenoxy) is 1. The highest BCUT2D eigenvalue weighted by molar-refractivity contribution is 5.33. The van der Waals surface area contributed by atoms with Crippen molar-refractivity contribution in [2.24, 2.45) is 0 Å². The zero-order chi connectivity index (χ0) is 16.2. The fourth-order valence-corrected chi connectivity index (χ4v) is 3.51. The molecule has 0 bridgehead atoms. The van der Waals surface area contributed by atoms with Gasteiger partial charge in [0.05, 0.1) is 13.3 Å². The van der Waals surface area contributed by atoms with Crippen LogP contribution in [0.15, 0.2) is 6.20 Å². The zero-order valence-electron chi connectivity index (χ0n) is 14.0. The van der Waals surface area contributed by atoms with Crippen molar-refractivity contribution in [3.63, 3.8) is 0 Å². The van der Waals surface area contributed by atoms with Crippen molar-refractivity contribution in [1.82, 2.24) is 19.8 Å². The number of aromatic nitrogens is 2. The molecule has 3 heterocycles. The molecule has 1 aromatic heterocycles. The molecule has 2 saturated heterocycles. The SMILES string of the molecule is CCN1CCN(C2CCN(c3ncc(F)c(OC)n3)CC2)CC1. The van der Waals surface area contributed by atoms with Crippen molar-refractivity contribution in [3.8, 4) is 5.88 Å². The van der Waals surface area contributed by atoms with Gasteiger partial charge in [-0.25, -0.2) is 4.98 Å². The van der Waals surface area contributed by atoms with Crippen LogP contribution in [0, 0.1) is 5.82 Å². The average Bonchev–Trinajstić information content (AvgIpc) is 2.62. The Kier molecular flexibility index (Phi) is 5.27. The van der Waals surface area contributed by atoms with Crippen LogP contribution in [0.5, 0.6) is 5.88 Å². The molecule has 0 unspecified atom stereocenters. The van der Waals surface area contributed by atoms with Gasteiger partial charge in [0.1, 0.15) is 0 Å². The molecule has 23 heavy (non-hydrogen) atoms. The van der Waals surface area contributed by atoms with Crippen LogP contribution in [0.1, 0.15) is 19.8 Å². The van der Waals surface area contributed by atoms with Gasteiger partial charge in [-0.05, 0) is 19.4 Å². The molecular weight excluding hydrogens is 297 g/mol. The maximum Gasteiger partial charge on any atom is 0.255 e. The van der Waals surface area contributed by atoms with E-state index in [9.17, 15) is 4.39 Å². The van der Waals surface area contributed by atoms with E-state index in [2.05, 4.69) is 31.6 Å². The summed E-state index contributed by atoms with van der Waals surface area (Å²) in [6.07, 6.45) is 3.40. The highest BCUT2D eigenvalue weighted by Crippen LogP contribution is 2.23. The van der Waals surface area contributed by atoms with Crippen LogP contribution >= 0.6 is 0 Å². The third-order valence-corrected chi connectivity index (χ3v) is 5.01. The third-order valence-electron chi connectivity index (χ3n) is 5.01. The monoisotopic (exact) mass is 323 g/mol. The molecule has 2 aliphatic rings. The first-order valence-corrected chi connectivity index (χ1v) is 8.49. The van der Waals surface area contributed by atoms with Gasteiger partial charge in [-0.1, -0.05) is 6.92 Å². The number of rotatable bonds is 4. The first kappa shape index (κ1) is 16.4. The highest BCUT2D eigenvalue weighted by Gasteiger charge is 2.28. The van der Waals surface area contributed by atoms with Crippen LogP contribution in [-0.4, -0.2) is 78.7 Å². The molecule has 7 heteroatoms. The predicted molar refractivity (Wildman–Crippen MR) is 87.5 cm³/mol. The van der Waals surface area contributed by atoms with E-state index in [0.29, 0.717) is 12.0 Å². The summed E-state index contributed by atoms with van der Waals surface area (Å²) in [5.74, 6) is 0.0743. The Morgan fingerprint density at radius 3 is 2.48 bits per heavy atom. The lowest BCUT2D eigenvalue weighted by Crippen LogP contribution is -2.53. The van der Waals surface area contributed by atoms with Gasteiger partial charge >= 0.3 is 0 Å². The van der Waals surface area contributed by atoms with Gasteiger partial charge in [-0.2, -0.15) is 9.37 Å². The molecule has 6 nitrogen and oxygen atoms in total. The topological polar surface area (TPSA) is 44.7 Å². The van der Waals surface area contributed by atoms with Crippen LogP contribution in [0.4, 0.5) is 10.3 Å². The van der Waals surface area contributed by atoms with E-state index in [1.54, 1.807) is 0 Å². The van der Waals surface area contributed by atoms with Crippen LogP contribution in [0.3, 0.4) is 0 Å². The van der Waals surface area contributed by atoms with Crippen molar-refractivity contribution < 1.29 is 9.13 Å². The minimum Gasteiger partial charge on any atom is -0.479 e. The Hall–Kier alpha value is -1.47. The molecule has 0 radical (unpaired) electrons. The van der Waals surface area contributed by atoms with Gasteiger partial charge in [-0.15, -0.1) is 0 Å². The van der Waals surface area contributed by atoms with Crippen LogP contribution < -0.4 is 9.64 Å². The first-order valence-electron chi connectivity index (χ1n) is 8.49. The second kappa shape index (κ2) is 7.40. The van der Waals surface area contributed by atoms with Crippen molar-refractivity contribution in [2.45, 2.75) is 25.8 Å². The number of anilines is 1. The Balaban J connectivity index is 1.54. The average molecular weight is 323 g/mol. The molecule has 0 N–H and O–H groups in total. The summed E-state index contributed by atoms with van der Waals surface area (Å²) in [5, 5.41) is 0. The summed E-state index contributed by atoms with van der Waals surface area (Å²) < 4.78 is 18.4. The minimum atomic E-state index is -0.514. The van der Waals surface area contributed by atoms with E-state index in [1.165, 1.54) is 39.5 Å². The van der Waals surface area contributed by atoms with Gasteiger partial charge in [0.15, 0.2) is 0 Å². The fourth-order valence-electron chi connectivity index (χ4n) is 3.51. The zero-order valence-corrected chi connectivity index (χ0v) is 14.0. The molecule has 2 aliphatic heterocycles. The molecule has 0 atom stereocenters. The molecule has 0 aliphatic carbocycles. The van der Waals surface area contributed by atoms with E-state index >= 15 is 0 Å². The molecule has 0 aromatic carbocycles. The normalized spacial score (nSPS) is 21.6. The number of likely N-dealkylation sites (N-methyl/N-ethyl adjacent to an activating group) is 1. The maximum absolute atomic E-state index is 13.4. The quantitative estimate of drug-likeness (QED) is 0.830. The third kappa shape index (κ3) is 3.72. The molecule has 0 saturated carbocycles. The number of methoxy groups -OCH3 is 1. The summed E-state index contributed by atoms with van der Waals surface area (Å²) in [4.78, 5) is 15.5. The number of piperidine rings is 1. The first-order chi connectivity index (χ1) is 11.2. The summed E-state index contributed by atoms with van der Waals surface area (Å²) in [7, 11) is 1.43. The Morgan fingerprint density at radius 2 is 1.87 bits per heavy atom. The standard InChI is InChI=1S/C16H26FN5O/c1-3-20-8-10-21(11-9-20)13-4-6-22(7-5-13)16-18-12-14(17)15(19-16)23-2/h12-13H,3-11H2,1-2H3. The van der Waals surface area contributed by atoms with Gasteiger partial charge in [0, 0.05) is 45.3 Å². The van der Waals surface area contributed by atoms with Crippen molar-refractivity contribution in [3.05, 3.63) is 12.0 Å². The van der Waals surface area contributed by atoms with Crippen molar-refractivity contribution in [1.29, 1.82) is 0 Å². The smallest absolute Gasteiger partial charge is 0.255 e. The lowest BCUT2D eigenvalue weighted by Gasteiger charge is -2.42. The van der Waals surface area contributed by atoms with E-state index < -0.39 is 5.82 Å². The predicted octanol–water partition coefficient (Wildman–Crippen LogP) is 1.23. The van der Waals surface area contributed by atoms with Gasteiger partial charge in [-0.3, -0.25) is 4.90 Å². The van der Waals surface area contributed by atoms with E-state index in [4.69, 9.17) is 4.74 Å². The molecular formula is C16H26FN5O. The Bertz CT molecular complexity index is 513. The molecule has 128 valence electrons. The highest BCUT2D eigenvalue weighted by atomic mass is 19.1. The van der Waals surface area contributed by atoms with Gasteiger partial charge in [0.25, 0.3) is 5.88 Å².